The highest BCUT2D eigenvalue weighted by molar-refractivity contribution is 7.80. The molecule has 0 saturated heterocycles. The zero-order valence-corrected chi connectivity index (χ0v) is 5.61. The largest absolute Gasteiger partial charge is 0.376 e. The summed E-state index contributed by atoms with van der Waals surface area (Å²) in [7, 11) is 0. The average molecular weight is 134 g/mol. The smallest absolute Gasteiger partial charge is 0.168 e. The van der Waals surface area contributed by atoms with Crippen molar-refractivity contribution in [3.05, 3.63) is 0 Å². The molecule has 0 aliphatic rings. The third-order valence-electron chi connectivity index (χ3n) is 0.864. The minimum Gasteiger partial charge on any atom is -0.376 e. The molecule has 0 fully saturated rings. The van der Waals surface area contributed by atoms with Crippen molar-refractivity contribution in [2.24, 2.45) is 5.73 Å². The Bertz CT molecular complexity index is 82.1. The van der Waals surface area contributed by atoms with E-state index in [4.69, 9.17) is 10.8 Å². The fourth-order valence-corrected chi connectivity index (χ4v) is 0.512. The van der Waals surface area contributed by atoms with Gasteiger partial charge in [0.15, 0.2) is 5.11 Å². The van der Waals surface area contributed by atoms with Gasteiger partial charge in [-0.1, -0.05) is 0 Å². The molecule has 0 saturated carbocycles. The second kappa shape index (κ2) is 3.63. The van der Waals surface area contributed by atoms with E-state index in [1.165, 1.54) is 4.90 Å². The molecule has 0 bridgehead atoms. The number of nitrogens with two attached hydrogens (primary N) is 1. The Balaban J connectivity index is 3.52. The number of aliphatic hydroxyl groups excluding tert-OH is 1. The first kappa shape index (κ1) is 7.65. The first-order valence-corrected chi connectivity index (χ1v) is 2.78. The van der Waals surface area contributed by atoms with E-state index in [1.807, 2.05) is 6.92 Å². The van der Waals surface area contributed by atoms with Crippen LogP contribution in [0.1, 0.15) is 6.92 Å². The fraction of sp³-hybridized carbons (Fsp3) is 0.750. The topological polar surface area (TPSA) is 49.5 Å². The maximum atomic E-state index is 8.45. The Morgan fingerprint density at radius 1 is 1.88 bits per heavy atom. The van der Waals surface area contributed by atoms with Crippen LogP contribution in [-0.4, -0.2) is 28.4 Å². The molecule has 48 valence electrons. The molecule has 0 aromatic rings. The lowest BCUT2D eigenvalue weighted by Gasteiger charge is -2.15. The van der Waals surface area contributed by atoms with E-state index >= 15 is 0 Å². The number of rotatable bonds is 2. The van der Waals surface area contributed by atoms with Gasteiger partial charge in [0.05, 0.1) is 0 Å². The van der Waals surface area contributed by atoms with Gasteiger partial charge in [0.2, 0.25) is 0 Å². The molecule has 0 heterocycles. The van der Waals surface area contributed by atoms with Crippen LogP contribution >= 0.6 is 12.2 Å². The maximum Gasteiger partial charge on any atom is 0.168 e. The molecule has 0 unspecified atom stereocenters. The highest BCUT2D eigenvalue weighted by Gasteiger charge is 1.97. The van der Waals surface area contributed by atoms with Gasteiger partial charge in [-0.25, -0.2) is 0 Å². The number of hydrogen-bond acceptors (Lipinski definition) is 2. The van der Waals surface area contributed by atoms with Crippen LogP contribution in [0.2, 0.25) is 0 Å². The predicted molar refractivity (Wildman–Crippen MR) is 36.3 cm³/mol. The van der Waals surface area contributed by atoms with Crippen molar-refractivity contribution in [1.82, 2.24) is 4.90 Å². The van der Waals surface area contributed by atoms with Gasteiger partial charge in [0, 0.05) is 6.54 Å². The third kappa shape index (κ3) is 2.09. The lowest BCUT2D eigenvalue weighted by molar-refractivity contribution is 0.176. The van der Waals surface area contributed by atoms with Crippen molar-refractivity contribution in [2.75, 3.05) is 13.3 Å². The molecule has 0 atom stereocenters. The molecule has 0 aliphatic carbocycles. The van der Waals surface area contributed by atoms with E-state index in [0.717, 1.165) is 0 Å². The standard InChI is InChI=1S/C4H10N2OS/c1-2-6(3-7)4(5)8/h7H,2-3H2,1H3,(H2,5,8). The van der Waals surface area contributed by atoms with Gasteiger partial charge in [-0.05, 0) is 19.1 Å². The van der Waals surface area contributed by atoms with Crippen LogP contribution < -0.4 is 5.73 Å². The SMILES string of the molecule is CCN(CO)C(N)=S. The Morgan fingerprint density at radius 3 is 2.38 bits per heavy atom. The van der Waals surface area contributed by atoms with Crippen LogP contribution in [0.3, 0.4) is 0 Å². The zero-order chi connectivity index (χ0) is 6.57. The summed E-state index contributed by atoms with van der Waals surface area (Å²) in [6.07, 6.45) is 0. The lowest BCUT2D eigenvalue weighted by atomic mass is 10.6. The Morgan fingerprint density at radius 2 is 2.38 bits per heavy atom. The van der Waals surface area contributed by atoms with E-state index in [1.54, 1.807) is 0 Å². The van der Waals surface area contributed by atoms with Gasteiger partial charge in [-0.2, -0.15) is 0 Å². The summed E-state index contributed by atoms with van der Waals surface area (Å²) in [5.74, 6) is 0. The van der Waals surface area contributed by atoms with Crippen molar-refractivity contribution in [1.29, 1.82) is 0 Å². The van der Waals surface area contributed by atoms with Crippen LogP contribution in [0.25, 0.3) is 0 Å². The van der Waals surface area contributed by atoms with E-state index in [9.17, 15) is 0 Å². The maximum absolute atomic E-state index is 8.45. The summed E-state index contributed by atoms with van der Waals surface area (Å²) in [5.41, 5.74) is 5.16. The average Bonchev–Trinajstić information content (AvgIpc) is 1.69. The van der Waals surface area contributed by atoms with Gasteiger partial charge in [0.1, 0.15) is 6.73 Å². The fourth-order valence-electron chi connectivity index (χ4n) is 0.326. The molecule has 0 radical (unpaired) electrons. The molecule has 3 nitrogen and oxygen atoms in total. The van der Waals surface area contributed by atoms with Gasteiger partial charge in [-0.3, -0.25) is 0 Å². The van der Waals surface area contributed by atoms with Gasteiger partial charge >= 0.3 is 0 Å². The molecule has 3 N–H and O–H groups in total. The van der Waals surface area contributed by atoms with Crippen molar-refractivity contribution in [2.45, 2.75) is 6.92 Å². The summed E-state index contributed by atoms with van der Waals surface area (Å²) < 4.78 is 0. The Hall–Kier alpha value is -0.350. The van der Waals surface area contributed by atoms with Crippen molar-refractivity contribution < 1.29 is 5.11 Å². The van der Waals surface area contributed by atoms with Gasteiger partial charge in [-0.15, -0.1) is 0 Å². The molecular weight excluding hydrogens is 124 g/mol. The molecule has 0 rings (SSSR count). The summed E-state index contributed by atoms with van der Waals surface area (Å²) >= 11 is 4.56. The molecule has 4 heteroatoms. The molecule has 0 aliphatic heterocycles. The second-order valence-electron chi connectivity index (χ2n) is 1.34. The zero-order valence-electron chi connectivity index (χ0n) is 4.79. The summed E-state index contributed by atoms with van der Waals surface area (Å²) in [6, 6.07) is 0. The van der Waals surface area contributed by atoms with Crippen molar-refractivity contribution in [3.63, 3.8) is 0 Å². The van der Waals surface area contributed by atoms with Crippen LogP contribution in [0.4, 0.5) is 0 Å². The molecule has 0 spiro atoms. The van der Waals surface area contributed by atoms with E-state index in [-0.39, 0.29) is 11.8 Å². The monoisotopic (exact) mass is 134 g/mol. The van der Waals surface area contributed by atoms with Crippen LogP contribution in [0.15, 0.2) is 0 Å². The van der Waals surface area contributed by atoms with Gasteiger partial charge in [0.25, 0.3) is 0 Å². The quantitative estimate of drug-likeness (QED) is 0.395. The summed E-state index contributed by atoms with van der Waals surface area (Å²) in [4.78, 5) is 1.48. The van der Waals surface area contributed by atoms with Crippen LogP contribution in [0, 0.1) is 0 Å². The molecular formula is C4H10N2OS. The Kier molecular flexibility index (Phi) is 3.47. The molecule has 8 heavy (non-hydrogen) atoms. The van der Waals surface area contributed by atoms with Crippen LogP contribution in [0.5, 0.6) is 0 Å². The summed E-state index contributed by atoms with van der Waals surface area (Å²) in [6.45, 7) is 2.44. The van der Waals surface area contributed by atoms with Gasteiger partial charge < -0.3 is 15.7 Å². The molecule has 0 aromatic heterocycles. The van der Waals surface area contributed by atoms with Crippen molar-refractivity contribution in [3.8, 4) is 0 Å². The molecule has 0 aromatic carbocycles. The lowest BCUT2D eigenvalue weighted by Crippen LogP contribution is -2.35. The number of hydrogen-bond donors (Lipinski definition) is 2. The summed E-state index contributed by atoms with van der Waals surface area (Å²) in [5, 5.41) is 8.70. The highest BCUT2D eigenvalue weighted by Crippen LogP contribution is 1.81. The minimum absolute atomic E-state index is 0.0914. The first-order valence-electron chi connectivity index (χ1n) is 2.37. The number of aliphatic hydroxyl groups is 1. The number of nitrogens with zero attached hydrogens (tertiary/aromatic N) is 1. The highest BCUT2D eigenvalue weighted by atomic mass is 32.1. The predicted octanol–water partition coefficient (Wildman–Crippen LogP) is -0.498. The molecule has 0 amide bonds. The van der Waals surface area contributed by atoms with E-state index in [2.05, 4.69) is 12.2 Å². The van der Waals surface area contributed by atoms with Crippen LogP contribution in [-0.2, 0) is 0 Å². The first-order chi connectivity index (χ1) is 3.72. The number of thiocarbonyl (C=S) groups is 1. The second-order valence-corrected chi connectivity index (χ2v) is 1.75. The van der Waals surface area contributed by atoms with Crippen molar-refractivity contribution >= 4 is 17.3 Å². The Labute approximate surface area is 54.1 Å². The normalized spacial score (nSPS) is 8.75. The van der Waals surface area contributed by atoms with E-state index < -0.39 is 0 Å². The minimum atomic E-state index is -0.0914. The van der Waals surface area contributed by atoms with E-state index in [0.29, 0.717) is 6.54 Å². The third-order valence-corrected chi connectivity index (χ3v) is 1.12.